The Kier molecular flexibility index (Phi) is 3.37. The van der Waals surface area contributed by atoms with E-state index >= 15 is 0 Å². The van der Waals surface area contributed by atoms with Gasteiger partial charge >= 0.3 is 0 Å². The molecule has 2 nitrogen and oxygen atoms in total. The fourth-order valence-corrected chi connectivity index (χ4v) is 1.68. The smallest absolute Gasteiger partial charge is 0.191 e. The molecule has 0 unspecified atom stereocenters. The first-order valence-electron chi connectivity index (χ1n) is 5.25. The molecule has 0 atom stereocenters. The van der Waals surface area contributed by atoms with Gasteiger partial charge in [0.25, 0.3) is 0 Å². The Morgan fingerprint density at radius 3 is 2.28 bits per heavy atom. The second kappa shape index (κ2) is 4.96. The molecule has 92 valence electrons. The van der Waals surface area contributed by atoms with Crippen molar-refractivity contribution in [1.82, 2.24) is 0 Å². The van der Waals surface area contributed by atoms with Gasteiger partial charge in [0, 0.05) is 11.1 Å². The summed E-state index contributed by atoms with van der Waals surface area (Å²) in [5.41, 5.74) is 1.27. The van der Waals surface area contributed by atoms with E-state index in [1.807, 2.05) is 0 Å². The second-order valence-corrected chi connectivity index (χ2v) is 3.68. The van der Waals surface area contributed by atoms with Gasteiger partial charge in [0.15, 0.2) is 17.4 Å². The highest BCUT2D eigenvalue weighted by Gasteiger charge is 2.15. The maximum Gasteiger partial charge on any atom is 0.191 e. The molecule has 0 saturated carbocycles. The normalized spacial score (nSPS) is 10.2. The molecule has 4 heteroatoms. The summed E-state index contributed by atoms with van der Waals surface area (Å²) in [5.74, 6) is -1.91. The van der Waals surface area contributed by atoms with Gasteiger partial charge in [-0.15, -0.1) is 0 Å². The van der Waals surface area contributed by atoms with Crippen LogP contribution in [0.4, 0.5) is 8.78 Å². The molecule has 18 heavy (non-hydrogen) atoms. The third-order valence-corrected chi connectivity index (χ3v) is 2.61. The van der Waals surface area contributed by atoms with Crippen molar-refractivity contribution in [3.8, 4) is 16.9 Å². The molecule has 0 bridgehead atoms. The molecule has 2 rings (SSSR count). The lowest BCUT2D eigenvalue weighted by atomic mass is 10.0. The largest absolute Gasteiger partial charge is 0.491 e. The number of carbonyl (C=O) groups is 1. The first-order valence-corrected chi connectivity index (χ1v) is 5.25. The quantitative estimate of drug-likeness (QED) is 0.777. The van der Waals surface area contributed by atoms with Crippen LogP contribution in [0.2, 0.25) is 0 Å². The average Bonchev–Trinajstić information content (AvgIpc) is 2.40. The fraction of sp³-hybridized carbons (Fsp3) is 0.0714. The predicted octanol–water partition coefficient (Wildman–Crippen LogP) is 3.45. The highest BCUT2D eigenvalue weighted by Crippen LogP contribution is 2.31. The number of hydrogen-bond acceptors (Lipinski definition) is 2. The third kappa shape index (κ3) is 2.09. The van der Waals surface area contributed by atoms with E-state index in [9.17, 15) is 13.6 Å². The summed E-state index contributed by atoms with van der Waals surface area (Å²) < 4.78 is 31.9. The van der Waals surface area contributed by atoms with Crippen LogP contribution in [0, 0.1) is 11.6 Å². The number of hydrogen-bond donors (Lipinski definition) is 0. The van der Waals surface area contributed by atoms with Gasteiger partial charge in [0.05, 0.1) is 7.11 Å². The minimum absolute atomic E-state index is 0.227. The highest BCUT2D eigenvalue weighted by molar-refractivity contribution is 5.77. The van der Waals surface area contributed by atoms with Gasteiger partial charge in [-0.1, -0.05) is 24.3 Å². The molecule has 0 amide bonds. The van der Waals surface area contributed by atoms with Gasteiger partial charge in [-0.2, -0.15) is 0 Å². The van der Waals surface area contributed by atoms with Crippen LogP contribution in [0.25, 0.3) is 11.1 Å². The lowest BCUT2D eigenvalue weighted by Crippen LogP contribution is -1.95. The van der Waals surface area contributed by atoms with Crippen molar-refractivity contribution in [1.29, 1.82) is 0 Å². The molecule has 0 heterocycles. The van der Waals surface area contributed by atoms with Crippen LogP contribution < -0.4 is 4.74 Å². The summed E-state index contributed by atoms with van der Waals surface area (Å²) >= 11 is 0. The first-order chi connectivity index (χ1) is 8.67. The van der Waals surface area contributed by atoms with Gasteiger partial charge in [-0.05, 0) is 17.7 Å². The van der Waals surface area contributed by atoms with Crippen molar-refractivity contribution < 1.29 is 18.3 Å². The molecule has 2 aromatic carbocycles. The topological polar surface area (TPSA) is 26.3 Å². The van der Waals surface area contributed by atoms with Crippen molar-refractivity contribution in [2.24, 2.45) is 0 Å². The Bertz CT molecular complexity index is 577. The van der Waals surface area contributed by atoms with Crippen molar-refractivity contribution in [2.75, 3.05) is 7.11 Å². The summed E-state index contributed by atoms with van der Waals surface area (Å²) in [5, 5.41) is 0. The Balaban J connectivity index is 2.53. The number of rotatable bonds is 3. The molecule has 0 N–H and O–H groups in total. The standard InChI is InChI=1S/C14H10F2O2/c1-18-14-12(15)7-6-11(13(14)16)10-4-2-9(8-17)3-5-10/h2-8H,1H3. The third-order valence-electron chi connectivity index (χ3n) is 2.61. The van der Waals surface area contributed by atoms with E-state index in [-0.39, 0.29) is 5.56 Å². The maximum atomic E-state index is 14.0. The van der Waals surface area contributed by atoms with E-state index in [0.717, 1.165) is 6.07 Å². The Labute approximate surface area is 103 Å². The Morgan fingerprint density at radius 1 is 1.06 bits per heavy atom. The second-order valence-electron chi connectivity index (χ2n) is 3.68. The van der Waals surface area contributed by atoms with Gasteiger partial charge in [-0.3, -0.25) is 4.79 Å². The molecule has 0 spiro atoms. The van der Waals surface area contributed by atoms with Crippen molar-refractivity contribution in [3.63, 3.8) is 0 Å². The van der Waals surface area contributed by atoms with E-state index < -0.39 is 17.4 Å². The zero-order valence-corrected chi connectivity index (χ0v) is 9.61. The Hall–Kier alpha value is -2.23. The number of aldehydes is 1. The van der Waals surface area contributed by atoms with Crippen LogP contribution in [0.15, 0.2) is 36.4 Å². The maximum absolute atomic E-state index is 14.0. The minimum Gasteiger partial charge on any atom is -0.491 e. The monoisotopic (exact) mass is 248 g/mol. The van der Waals surface area contributed by atoms with Crippen molar-refractivity contribution in [3.05, 3.63) is 53.6 Å². The number of benzene rings is 2. The molecule has 0 aromatic heterocycles. The zero-order valence-electron chi connectivity index (χ0n) is 9.61. The van der Waals surface area contributed by atoms with Crippen molar-refractivity contribution >= 4 is 6.29 Å². The number of ether oxygens (including phenoxy) is 1. The van der Waals surface area contributed by atoms with Crippen LogP contribution in [-0.4, -0.2) is 13.4 Å². The van der Waals surface area contributed by atoms with E-state index in [1.54, 1.807) is 24.3 Å². The molecular weight excluding hydrogens is 238 g/mol. The van der Waals surface area contributed by atoms with Crippen LogP contribution in [0.5, 0.6) is 5.75 Å². The molecule has 0 aliphatic rings. The Morgan fingerprint density at radius 2 is 1.72 bits per heavy atom. The SMILES string of the molecule is COc1c(F)ccc(-c2ccc(C=O)cc2)c1F. The van der Waals surface area contributed by atoms with Crippen molar-refractivity contribution in [2.45, 2.75) is 0 Å². The van der Waals surface area contributed by atoms with Gasteiger partial charge in [0.2, 0.25) is 0 Å². The van der Waals surface area contributed by atoms with E-state index in [4.69, 9.17) is 0 Å². The van der Waals surface area contributed by atoms with E-state index in [1.165, 1.54) is 13.2 Å². The zero-order chi connectivity index (χ0) is 13.1. The number of methoxy groups -OCH3 is 1. The number of carbonyl (C=O) groups excluding carboxylic acids is 1. The van der Waals surface area contributed by atoms with Crippen LogP contribution in [0.1, 0.15) is 10.4 Å². The summed E-state index contributed by atoms with van der Waals surface area (Å²) in [4.78, 5) is 10.5. The van der Waals surface area contributed by atoms with Crippen LogP contribution >= 0.6 is 0 Å². The number of halogens is 2. The lowest BCUT2D eigenvalue weighted by molar-refractivity contribution is 0.112. The molecule has 0 aliphatic heterocycles. The molecular formula is C14H10F2O2. The highest BCUT2D eigenvalue weighted by atomic mass is 19.1. The molecule has 2 aromatic rings. The van der Waals surface area contributed by atoms with Gasteiger partial charge in [0.1, 0.15) is 6.29 Å². The molecule has 0 saturated heterocycles. The summed E-state index contributed by atoms with van der Waals surface area (Å²) in [6.45, 7) is 0. The average molecular weight is 248 g/mol. The molecule has 0 radical (unpaired) electrons. The molecule has 0 fully saturated rings. The van der Waals surface area contributed by atoms with Crippen LogP contribution in [-0.2, 0) is 0 Å². The predicted molar refractivity (Wildman–Crippen MR) is 63.7 cm³/mol. The summed E-state index contributed by atoms with van der Waals surface area (Å²) in [7, 11) is 1.21. The van der Waals surface area contributed by atoms with Gasteiger partial charge < -0.3 is 4.74 Å². The summed E-state index contributed by atoms with van der Waals surface area (Å²) in [6.07, 6.45) is 0.700. The van der Waals surface area contributed by atoms with E-state index in [0.29, 0.717) is 17.4 Å². The lowest BCUT2D eigenvalue weighted by Gasteiger charge is -2.08. The van der Waals surface area contributed by atoms with Crippen LogP contribution in [0.3, 0.4) is 0 Å². The minimum atomic E-state index is -0.753. The molecule has 0 aliphatic carbocycles. The fourth-order valence-electron chi connectivity index (χ4n) is 1.68. The van der Waals surface area contributed by atoms with Gasteiger partial charge in [-0.25, -0.2) is 8.78 Å². The summed E-state index contributed by atoms with van der Waals surface area (Å²) in [6, 6.07) is 8.81. The van der Waals surface area contributed by atoms with E-state index in [2.05, 4.69) is 4.74 Å². The first kappa shape index (κ1) is 12.2.